The Balaban J connectivity index is 2.99. The quantitative estimate of drug-likeness (QED) is 0.841. The Morgan fingerprint density at radius 1 is 1.23 bits per heavy atom. The summed E-state index contributed by atoms with van der Waals surface area (Å²) in [4.78, 5) is 26.4. The molecule has 4 nitrogen and oxygen atoms in total. The van der Waals surface area contributed by atoms with Crippen molar-refractivity contribution in [1.29, 1.82) is 0 Å². The number of hydrogen-bond donors (Lipinski definition) is 1. The maximum absolute atomic E-state index is 12.4. The number of rotatable bonds is 7. The lowest BCUT2D eigenvalue weighted by molar-refractivity contribution is -0.141. The highest BCUT2D eigenvalue weighted by Gasteiger charge is 2.27. The van der Waals surface area contributed by atoms with Crippen LogP contribution in [0.4, 0.5) is 0 Å². The van der Waals surface area contributed by atoms with Crippen LogP contribution in [0, 0.1) is 6.92 Å². The first kappa shape index (κ1) is 18.2. The topological polar surface area (TPSA) is 49.4 Å². The summed E-state index contributed by atoms with van der Waals surface area (Å²) in [5.41, 5.74) is 2.21. The maximum atomic E-state index is 12.4. The van der Waals surface area contributed by atoms with E-state index in [1.54, 1.807) is 4.90 Å². The van der Waals surface area contributed by atoms with Gasteiger partial charge in [0.25, 0.3) is 0 Å². The second kappa shape index (κ2) is 8.57. The molecule has 1 atom stereocenters. The van der Waals surface area contributed by atoms with E-state index in [9.17, 15) is 9.59 Å². The van der Waals surface area contributed by atoms with Crippen LogP contribution in [0.1, 0.15) is 51.7 Å². The molecule has 0 saturated heterocycles. The van der Waals surface area contributed by atoms with Crippen molar-refractivity contribution in [3.05, 3.63) is 35.4 Å². The average Bonchev–Trinajstić information content (AvgIpc) is 2.45. The Morgan fingerprint density at radius 2 is 1.91 bits per heavy atom. The molecular formula is C18H28N2O2. The Bertz CT molecular complexity index is 512. The van der Waals surface area contributed by atoms with Crippen molar-refractivity contribution in [3.8, 4) is 0 Å². The van der Waals surface area contributed by atoms with Gasteiger partial charge in [0.05, 0.1) is 0 Å². The highest BCUT2D eigenvalue weighted by molar-refractivity contribution is 5.87. The van der Waals surface area contributed by atoms with E-state index >= 15 is 0 Å². The van der Waals surface area contributed by atoms with E-state index in [1.165, 1.54) is 0 Å². The molecule has 0 aliphatic carbocycles. The van der Waals surface area contributed by atoms with E-state index in [0.717, 1.165) is 11.1 Å². The molecule has 0 radical (unpaired) electrons. The van der Waals surface area contributed by atoms with E-state index in [-0.39, 0.29) is 17.9 Å². The van der Waals surface area contributed by atoms with Crippen LogP contribution in [-0.2, 0) is 16.1 Å². The molecule has 0 fully saturated rings. The number of carbonyl (C=O) groups is 2. The van der Waals surface area contributed by atoms with Gasteiger partial charge < -0.3 is 10.2 Å². The van der Waals surface area contributed by atoms with Crippen molar-refractivity contribution < 1.29 is 9.59 Å². The van der Waals surface area contributed by atoms with Crippen LogP contribution in [0.5, 0.6) is 0 Å². The number of benzene rings is 1. The van der Waals surface area contributed by atoms with E-state index in [4.69, 9.17) is 0 Å². The molecule has 1 N–H and O–H groups in total. The summed E-state index contributed by atoms with van der Waals surface area (Å²) in [6.07, 6.45) is 1.01. The predicted octanol–water partition coefficient (Wildman–Crippen LogP) is 3.04. The van der Waals surface area contributed by atoms with Crippen molar-refractivity contribution in [1.82, 2.24) is 10.2 Å². The van der Waals surface area contributed by atoms with Crippen LogP contribution < -0.4 is 5.32 Å². The molecule has 122 valence electrons. The summed E-state index contributed by atoms with van der Waals surface area (Å²) in [6, 6.07) is 7.71. The molecule has 0 heterocycles. The van der Waals surface area contributed by atoms with Crippen molar-refractivity contribution in [2.24, 2.45) is 0 Å². The summed E-state index contributed by atoms with van der Waals surface area (Å²) in [7, 11) is 0. The molecule has 0 aliphatic heterocycles. The van der Waals surface area contributed by atoms with Gasteiger partial charge in [-0.2, -0.15) is 0 Å². The number of nitrogens with one attached hydrogen (secondary N) is 1. The summed E-state index contributed by atoms with van der Waals surface area (Å²) in [6.45, 7) is 10.1. The molecular weight excluding hydrogens is 276 g/mol. The summed E-state index contributed by atoms with van der Waals surface area (Å²) in [5, 5.41) is 2.92. The molecule has 0 bridgehead atoms. The van der Waals surface area contributed by atoms with Gasteiger partial charge in [-0.25, -0.2) is 0 Å². The van der Waals surface area contributed by atoms with Gasteiger partial charge in [-0.05, 0) is 32.8 Å². The van der Waals surface area contributed by atoms with Crippen LogP contribution in [0.3, 0.4) is 0 Å². The summed E-state index contributed by atoms with van der Waals surface area (Å²) < 4.78 is 0. The SMILES string of the molecule is CCC(=O)N(Cc1cccc(C)c1)[C@@H](CC)C(=O)NC(C)C. The molecule has 22 heavy (non-hydrogen) atoms. The highest BCUT2D eigenvalue weighted by atomic mass is 16.2. The van der Waals surface area contributed by atoms with Gasteiger partial charge >= 0.3 is 0 Å². The molecule has 0 unspecified atom stereocenters. The lowest BCUT2D eigenvalue weighted by atomic mass is 10.1. The van der Waals surface area contributed by atoms with E-state index < -0.39 is 6.04 Å². The van der Waals surface area contributed by atoms with Gasteiger partial charge in [-0.1, -0.05) is 43.7 Å². The number of carbonyl (C=O) groups excluding carboxylic acids is 2. The molecule has 0 saturated carbocycles. The molecule has 4 heteroatoms. The smallest absolute Gasteiger partial charge is 0.243 e. The Morgan fingerprint density at radius 3 is 2.41 bits per heavy atom. The van der Waals surface area contributed by atoms with Crippen LogP contribution >= 0.6 is 0 Å². The average molecular weight is 304 g/mol. The van der Waals surface area contributed by atoms with Crippen molar-refractivity contribution in [2.75, 3.05) is 0 Å². The van der Waals surface area contributed by atoms with Gasteiger partial charge in [0.2, 0.25) is 11.8 Å². The fourth-order valence-corrected chi connectivity index (χ4v) is 2.51. The Kier molecular flexibility index (Phi) is 7.09. The largest absolute Gasteiger partial charge is 0.352 e. The van der Waals surface area contributed by atoms with E-state index in [2.05, 4.69) is 11.4 Å². The van der Waals surface area contributed by atoms with Gasteiger partial charge in [-0.3, -0.25) is 9.59 Å². The Hall–Kier alpha value is -1.84. The second-order valence-corrected chi connectivity index (χ2v) is 5.95. The number of hydrogen-bond acceptors (Lipinski definition) is 2. The molecule has 0 aliphatic rings. The normalized spacial score (nSPS) is 12.1. The first-order valence-electron chi connectivity index (χ1n) is 8.04. The fraction of sp³-hybridized carbons (Fsp3) is 0.556. The maximum Gasteiger partial charge on any atom is 0.243 e. The Labute approximate surface area is 133 Å². The number of aryl methyl sites for hydroxylation is 1. The van der Waals surface area contributed by atoms with E-state index in [1.807, 2.05) is 52.8 Å². The van der Waals surface area contributed by atoms with Crippen LogP contribution in [0.2, 0.25) is 0 Å². The van der Waals surface area contributed by atoms with E-state index in [0.29, 0.717) is 19.4 Å². The van der Waals surface area contributed by atoms with Gasteiger partial charge in [0.1, 0.15) is 6.04 Å². The summed E-state index contributed by atoms with van der Waals surface area (Å²) in [5.74, 6) is -0.0702. The molecule has 2 amide bonds. The van der Waals surface area contributed by atoms with Crippen molar-refractivity contribution in [2.45, 2.75) is 66.1 Å². The first-order valence-corrected chi connectivity index (χ1v) is 8.04. The molecule has 0 spiro atoms. The minimum Gasteiger partial charge on any atom is -0.352 e. The van der Waals surface area contributed by atoms with Gasteiger partial charge in [0.15, 0.2) is 0 Å². The van der Waals surface area contributed by atoms with Crippen LogP contribution in [-0.4, -0.2) is 28.8 Å². The summed E-state index contributed by atoms with van der Waals surface area (Å²) >= 11 is 0. The van der Waals surface area contributed by atoms with Gasteiger partial charge in [0, 0.05) is 19.0 Å². The molecule has 1 aromatic carbocycles. The molecule has 1 aromatic rings. The number of nitrogens with zero attached hydrogens (tertiary/aromatic N) is 1. The lowest BCUT2D eigenvalue weighted by Crippen LogP contribution is -2.50. The molecule has 1 rings (SSSR count). The standard InChI is InChI=1S/C18H28N2O2/c1-6-16(18(22)19-13(3)4)20(17(21)7-2)12-15-10-8-9-14(5)11-15/h8-11,13,16H,6-7,12H2,1-5H3,(H,19,22)/t16-/m0/s1. The monoisotopic (exact) mass is 304 g/mol. The van der Waals surface area contributed by atoms with Crippen LogP contribution in [0.25, 0.3) is 0 Å². The zero-order valence-corrected chi connectivity index (χ0v) is 14.3. The van der Waals surface area contributed by atoms with Crippen LogP contribution in [0.15, 0.2) is 24.3 Å². The number of amides is 2. The predicted molar refractivity (Wildman–Crippen MR) is 89.4 cm³/mol. The lowest BCUT2D eigenvalue weighted by Gasteiger charge is -2.31. The minimum absolute atomic E-state index is 0.00672. The fourth-order valence-electron chi connectivity index (χ4n) is 2.51. The highest BCUT2D eigenvalue weighted by Crippen LogP contribution is 2.14. The molecule has 0 aromatic heterocycles. The van der Waals surface area contributed by atoms with Crippen molar-refractivity contribution >= 4 is 11.8 Å². The second-order valence-electron chi connectivity index (χ2n) is 5.95. The minimum atomic E-state index is -0.421. The third kappa shape index (κ3) is 5.17. The zero-order chi connectivity index (χ0) is 16.7. The van der Waals surface area contributed by atoms with Gasteiger partial charge in [-0.15, -0.1) is 0 Å². The first-order chi connectivity index (χ1) is 10.4. The third-order valence-corrected chi connectivity index (χ3v) is 3.55. The van der Waals surface area contributed by atoms with Crippen molar-refractivity contribution in [3.63, 3.8) is 0 Å². The third-order valence-electron chi connectivity index (χ3n) is 3.55. The zero-order valence-electron chi connectivity index (χ0n) is 14.3.